The lowest BCUT2D eigenvalue weighted by Gasteiger charge is -2.25. The predicted molar refractivity (Wildman–Crippen MR) is 141 cm³/mol. The van der Waals surface area contributed by atoms with Crippen molar-refractivity contribution in [2.75, 3.05) is 17.4 Å². The number of sulfonamides is 1. The van der Waals surface area contributed by atoms with Gasteiger partial charge in [0.2, 0.25) is 5.91 Å². The van der Waals surface area contributed by atoms with Gasteiger partial charge in [-0.15, -0.1) is 0 Å². The third-order valence-electron chi connectivity index (χ3n) is 5.31. The summed E-state index contributed by atoms with van der Waals surface area (Å²) in [5.74, 6) is 0.450. The number of ether oxygens (including phenoxy) is 1. The second-order valence-corrected chi connectivity index (χ2v) is 10.8. The minimum Gasteiger partial charge on any atom is -0.491 e. The third kappa shape index (κ3) is 7.47. The molecule has 0 fully saturated rings. The Hall–Kier alpha value is -3.03. The number of nitrogens with one attached hydrogen (secondary N) is 1. The molecule has 35 heavy (non-hydrogen) atoms. The van der Waals surface area contributed by atoms with Crippen LogP contribution in [-0.2, 0) is 21.2 Å². The van der Waals surface area contributed by atoms with Crippen molar-refractivity contribution >= 4 is 33.2 Å². The maximum absolute atomic E-state index is 13.4. The summed E-state index contributed by atoms with van der Waals surface area (Å²) >= 11 is 5.93. The van der Waals surface area contributed by atoms with Gasteiger partial charge in [0.05, 0.1) is 16.7 Å². The summed E-state index contributed by atoms with van der Waals surface area (Å²) in [6, 6.07) is 20.9. The Bertz CT molecular complexity index is 1240. The van der Waals surface area contributed by atoms with Crippen molar-refractivity contribution in [3.63, 3.8) is 0 Å². The van der Waals surface area contributed by atoms with Crippen molar-refractivity contribution in [2.45, 2.75) is 44.6 Å². The Balaban J connectivity index is 1.66. The monoisotopic (exact) mass is 514 g/mol. The first-order valence-corrected chi connectivity index (χ1v) is 13.3. The summed E-state index contributed by atoms with van der Waals surface area (Å²) in [5, 5.41) is 3.29. The van der Waals surface area contributed by atoms with Crippen molar-refractivity contribution in [2.24, 2.45) is 0 Å². The Morgan fingerprint density at radius 3 is 2.43 bits per heavy atom. The summed E-state index contributed by atoms with van der Waals surface area (Å²) in [5.41, 5.74) is 2.32. The van der Waals surface area contributed by atoms with E-state index in [0.29, 0.717) is 23.7 Å². The number of halogens is 1. The highest BCUT2D eigenvalue weighted by Gasteiger charge is 2.28. The molecular weight excluding hydrogens is 484 g/mol. The average Bonchev–Trinajstić information content (AvgIpc) is 2.81. The minimum absolute atomic E-state index is 0.0708. The lowest BCUT2D eigenvalue weighted by atomic mass is 10.1. The predicted octanol–water partition coefficient (Wildman–Crippen LogP) is 5.38. The van der Waals surface area contributed by atoms with Gasteiger partial charge >= 0.3 is 0 Å². The van der Waals surface area contributed by atoms with Crippen molar-refractivity contribution < 1.29 is 17.9 Å². The normalized spacial score (nSPS) is 11.3. The van der Waals surface area contributed by atoms with E-state index in [1.54, 1.807) is 12.1 Å². The van der Waals surface area contributed by atoms with Gasteiger partial charge in [-0.1, -0.05) is 41.9 Å². The van der Waals surface area contributed by atoms with Crippen LogP contribution in [0.1, 0.15) is 31.4 Å². The molecule has 186 valence electrons. The van der Waals surface area contributed by atoms with Crippen LogP contribution in [0.2, 0.25) is 5.02 Å². The van der Waals surface area contributed by atoms with Crippen LogP contribution in [0.4, 0.5) is 5.69 Å². The number of para-hydroxylation sites is 1. The van der Waals surface area contributed by atoms with Gasteiger partial charge in [-0.25, -0.2) is 8.42 Å². The Morgan fingerprint density at radius 1 is 1.03 bits per heavy atom. The highest BCUT2D eigenvalue weighted by molar-refractivity contribution is 7.92. The van der Waals surface area contributed by atoms with Crippen LogP contribution in [0, 0.1) is 6.92 Å². The van der Waals surface area contributed by atoms with Gasteiger partial charge in [-0.3, -0.25) is 9.10 Å². The Kier molecular flexibility index (Phi) is 9.18. The number of nitrogens with zero attached hydrogens (tertiary/aromatic N) is 1. The summed E-state index contributed by atoms with van der Waals surface area (Å²) in [7, 11) is -3.98. The zero-order valence-corrected chi connectivity index (χ0v) is 21.8. The standard InChI is InChI=1S/C27H31ClN2O4S/c1-20(2)34-24-11-6-9-22(18-24)10-7-17-29-27(31)19-30(26-12-5-4-8-21(26)3)35(32,33)25-15-13-23(28)14-16-25/h4-6,8-9,11-16,18,20H,7,10,17,19H2,1-3H3,(H,29,31). The highest BCUT2D eigenvalue weighted by Crippen LogP contribution is 2.27. The molecule has 0 radical (unpaired) electrons. The van der Waals surface area contributed by atoms with Crippen LogP contribution in [0.3, 0.4) is 0 Å². The second-order valence-electron chi connectivity index (χ2n) is 8.52. The molecule has 0 aliphatic carbocycles. The summed E-state index contributed by atoms with van der Waals surface area (Å²) in [6.45, 7) is 5.88. The average molecular weight is 515 g/mol. The molecular formula is C27H31ClN2O4S. The molecule has 3 aromatic rings. The molecule has 0 spiro atoms. The zero-order valence-electron chi connectivity index (χ0n) is 20.2. The number of carbonyl (C=O) groups excluding carboxylic acids is 1. The van der Waals surface area contributed by atoms with Crippen molar-refractivity contribution in [1.29, 1.82) is 0 Å². The number of anilines is 1. The third-order valence-corrected chi connectivity index (χ3v) is 7.33. The molecule has 0 heterocycles. The topological polar surface area (TPSA) is 75.7 Å². The van der Waals surface area contributed by atoms with E-state index in [2.05, 4.69) is 5.32 Å². The number of benzene rings is 3. The first-order valence-electron chi connectivity index (χ1n) is 11.5. The number of amides is 1. The van der Waals surface area contributed by atoms with E-state index in [-0.39, 0.29) is 23.5 Å². The lowest BCUT2D eigenvalue weighted by Crippen LogP contribution is -2.41. The second kappa shape index (κ2) is 12.1. The first-order chi connectivity index (χ1) is 16.7. The molecule has 0 aliphatic rings. The van der Waals surface area contributed by atoms with Crippen LogP contribution in [0.25, 0.3) is 0 Å². The summed E-state index contributed by atoms with van der Waals surface area (Å²) in [6.07, 6.45) is 1.58. The van der Waals surface area contributed by atoms with Crippen molar-refractivity contribution in [3.05, 3.63) is 88.9 Å². The van der Waals surface area contributed by atoms with E-state index in [4.69, 9.17) is 16.3 Å². The quantitative estimate of drug-likeness (QED) is 0.348. The smallest absolute Gasteiger partial charge is 0.264 e. The summed E-state index contributed by atoms with van der Waals surface area (Å²) < 4.78 is 33.8. The van der Waals surface area contributed by atoms with Gasteiger partial charge < -0.3 is 10.1 Å². The Labute approximate surface area is 212 Å². The van der Waals surface area contributed by atoms with E-state index < -0.39 is 10.0 Å². The maximum atomic E-state index is 13.4. The lowest BCUT2D eigenvalue weighted by molar-refractivity contribution is -0.119. The van der Waals surface area contributed by atoms with Gasteiger partial charge in [0.25, 0.3) is 10.0 Å². The van der Waals surface area contributed by atoms with E-state index in [9.17, 15) is 13.2 Å². The molecule has 8 heteroatoms. The molecule has 1 amide bonds. The fourth-order valence-electron chi connectivity index (χ4n) is 3.63. The molecule has 1 N–H and O–H groups in total. The summed E-state index contributed by atoms with van der Waals surface area (Å²) in [4.78, 5) is 12.9. The van der Waals surface area contributed by atoms with Crippen molar-refractivity contribution in [3.8, 4) is 5.75 Å². The molecule has 0 atom stereocenters. The molecule has 6 nitrogen and oxygen atoms in total. The van der Waals surface area contributed by atoms with Crippen molar-refractivity contribution in [1.82, 2.24) is 5.32 Å². The van der Waals surface area contributed by atoms with Crippen LogP contribution in [0.5, 0.6) is 5.75 Å². The molecule has 0 bridgehead atoms. The molecule has 3 rings (SSSR count). The fraction of sp³-hybridized carbons (Fsp3) is 0.296. The number of rotatable bonds is 11. The van der Waals surface area contributed by atoms with Gasteiger partial charge in [0.1, 0.15) is 12.3 Å². The van der Waals surface area contributed by atoms with Crippen LogP contribution >= 0.6 is 11.6 Å². The van der Waals surface area contributed by atoms with E-state index >= 15 is 0 Å². The maximum Gasteiger partial charge on any atom is 0.264 e. The molecule has 0 unspecified atom stereocenters. The molecule has 0 aliphatic heterocycles. The number of carbonyl (C=O) groups is 1. The van der Waals surface area contributed by atoms with E-state index in [1.165, 1.54) is 24.3 Å². The molecule has 0 saturated heterocycles. The first kappa shape index (κ1) is 26.6. The van der Waals surface area contributed by atoms with Gasteiger partial charge in [0, 0.05) is 11.6 Å². The number of hydrogen-bond donors (Lipinski definition) is 1. The van der Waals surface area contributed by atoms with Crippen LogP contribution in [0.15, 0.2) is 77.7 Å². The minimum atomic E-state index is -3.98. The SMILES string of the molecule is Cc1ccccc1N(CC(=O)NCCCc1cccc(OC(C)C)c1)S(=O)(=O)c1ccc(Cl)cc1. The zero-order chi connectivity index (χ0) is 25.4. The van der Waals surface area contributed by atoms with Gasteiger partial charge in [0.15, 0.2) is 0 Å². The van der Waals surface area contributed by atoms with E-state index in [1.807, 2.05) is 57.2 Å². The molecule has 0 aromatic heterocycles. The fourth-order valence-corrected chi connectivity index (χ4v) is 5.24. The highest BCUT2D eigenvalue weighted by atomic mass is 35.5. The van der Waals surface area contributed by atoms with Gasteiger partial charge in [-0.05, 0) is 87.2 Å². The largest absolute Gasteiger partial charge is 0.491 e. The van der Waals surface area contributed by atoms with Gasteiger partial charge in [-0.2, -0.15) is 0 Å². The van der Waals surface area contributed by atoms with Crippen LogP contribution in [-0.4, -0.2) is 33.5 Å². The number of hydrogen-bond acceptors (Lipinski definition) is 4. The van der Waals surface area contributed by atoms with E-state index in [0.717, 1.165) is 27.6 Å². The number of aryl methyl sites for hydroxylation is 2. The van der Waals surface area contributed by atoms with Crippen LogP contribution < -0.4 is 14.4 Å². The molecule has 0 saturated carbocycles. The Morgan fingerprint density at radius 2 is 1.74 bits per heavy atom. The molecule has 3 aromatic carbocycles.